The maximum Gasteiger partial charge on any atom is 0.121 e. The molecule has 0 saturated heterocycles. The van der Waals surface area contributed by atoms with Crippen molar-refractivity contribution in [2.24, 2.45) is 0 Å². The van der Waals surface area contributed by atoms with Crippen LogP contribution in [0.1, 0.15) is 16.7 Å². The van der Waals surface area contributed by atoms with Crippen molar-refractivity contribution in [1.82, 2.24) is 4.90 Å². The molecule has 1 aromatic rings. The number of aromatic hydroxyl groups is 1. The fourth-order valence-corrected chi connectivity index (χ4v) is 1.96. The molecule has 0 aromatic heterocycles. The number of hydrogen-bond acceptors (Lipinski definition) is 2. The highest BCUT2D eigenvalue weighted by atomic mass is 16.3. The molecule has 0 spiro atoms. The van der Waals surface area contributed by atoms with Gasteiger partial charge >= 0.3 is 0 Å². The summed E-state index contributed by atoms with van der Waals surface area (Å²) in [5.74, 6) is 0.396. The van der Waals surface area contributed by atoms with E-state index in [1.807, 2.05) is 38.1 Å². The average molecular weight is 231 g/mol. The van der Waals surface area contributed by atoms with E-state index in [1.54, 1.807) is 0 Å². The van der Waals surface area contributed by atoms with Crippen LogP contribution >= 0.6 is 0 Å². The predicted octanol–water partition coefficient (Wildman–Crippen LogP) is 3.18. The molecule has 1 rings (SSSR count). The summed E-state index contributed by atoms with van der Waals surface area (Å²) in [5, 5.41) is 9.73. The molecule has 0 aliphatic rings. The fraction of sp³-hybridized carbons (Fsp3) is 0.333. The van der Waals surface area contributed by atoms with Crippen LogP contribution in [0.15, 0.2) is 37.4 Å². The van der Waals surface area contributed by atoms with Crippen LogP contribution in [-0.2, 0) is 6.54 Å². The summed E-state index contributed by atoms with van der Waals surface area (Å²) in [4.78, 5) is 2.24. The van der Waals surface area contributed by atoms with Crippen molar-refractivity contribution in [3.63, 3.8) is 0 Å². The van der Waals surface area contributed by atoms with Crippen molar-refractivity contribution >= 4 is 0 Å². The number of nitrogens with zero attached hydrogens (tertiary/aromatic N) is 1. The maximum atomic E-state index is 9.73. The van der Waals surface area contributed by atoms with Gasteiger partial charge in [-0.2, -0.15) is 0 Å². The minimum absolute atomic E-state index is 0.396. The topological polar surface area (TPSA) is 23.5 Å². The van der Waals surface area contributed by atoms with Crippen molar-refractivity contribution in [3.05, 3.63) is 54.1 Å². The van der Waals surface area contributed by atoms with Crippen molar-refractivity contribution in [2.75, 3.05) is 13.1 Å². The van der Waals surface area contributed by atoms with Gasteiger partial charge in [-0.15, -0.1) is 13.2 Å². The van der Waals surface area contributed by atoms with Gasteiger partial charge in [0, 0.05) is 19.6 Å². The highest BCUT2D eigenvalue weighted by molar-refractivity contribution is 5.42. The molecule has 1 N–H and O–H groups in total. The van der Waals surface area contributed by atoms with Gasteiger partial charge in [0.25, 0.3) is 0 Å². The molecule has 2 heteroatoms. The molecule has 92 valence electrons. The molecule has 0 unspecified atom stereocenters. The summed E-state index contributed by atoms with van der Waals surface area (Å²) in [5.41, 5.74) is 3.07. The van der Waals surface area contributed by atoms with E-state index in [2.05, 4.69) is 18.1 Å². The van der Waals surface area contributed by atoms with Gasteiger partial charge in [-0.3, -0.25) is 4.90 Å². The molecule has 2 nitrogen and oxygen atoms in total. The van der Waals surface area contributed by atoms with Crippen LogP contribution < -0.4 is 0 Å². The molecule has 17 heavy (non-hydrogen) atoms. The summed E-state index contributed by atoms with van der Waals surface area (Å²) < 4.78 is 0. The Kier molecular flexibility index (Phi) is 4.98. The van der Waals surface area contributed by atoms with Gasteiger partial charge in [0.15, 0.2) is 0 Å². The van der Waals surface area contributed by atoms with Crippen molar-refractivity contribution in [1.29, 1.82) is 0 Å². The summed E-state index contributed by atoms with van der Waals surface area (Å²) >= 11 is 0. The molecular formula is C15H21NO. The minimum atomic E-state index is 0.396. The second-order valence-corrected chi connectivity index (χ2v) is 4.35. The lowest BCUT2D eigenvalue weighted by Crippen LogP contribution is -2.23. The number of phenols is 1. The highest BCUT2D eigenvalue weighted by Gasteiger charge is 2.06. The minimum Gasteiger partial charge on any atom is -0.507 e. The van der Waals surface area contributed by atoms with Crippen LogP contribution in [0, 0.1) is 13.8 Å². The fourth-order valence-electron chi connectivity index (χ4n) is 1.96. The first kappa shape index (κ1) is 13.5. The van der Waals surface area contributed by atoms with E-state index < -0.39 is 0 Å². The van der Waals surface area contributed by atoms with Crippen LogP contribution in [0.25, 0.3) is 0 Å². The highest BCUT2D eigenvalue weighted by Crippen LogP contribution is 2.23. The maximum absolute atomic E-state index is 9.73. The first-order chi connectivity index (χ1) is 8.08. The van der Waals surface area contributed by atoms with Crippen molar-refractivity contribution < 1.29 is 5.11 Å². The standard InChI is InChI=1S/C15H21NO/c1-5-7-16(8-6-2)11-14-9-12(3)15(17)13(4)10-14/h5-6,9-10,17H,1-2,7-8,11H2,3-4H3. The molecule has 1 aromatic carbocycles. The molecular weight excluding hydrogens is 210 g/mol. The zero-order valence-corrected chi connectivity index (χ0v) is 10.7. The molecule has 0 saturated carbocycles. The van der Waals surface area contributed by atoms with Gasteiger partial charge in [-0.1, -0.05) is 24.3 Å². The first-order valence-corrected chi connectivity index (χ1v) is 5.81. The van der Waals surface area contributed by atoms with E-state index in [9.17, 15) is 5.11 Å². The lowest BCUT2D eigenvalue weighted by Gasteiger charge is -2.19. The SMILES string of the molecule is C=CCN(CC=C)Cc1cc(C)c(O)c(C)c1. The second kappa shape index (κ2) is 6.26. The largest absolute Gasteiger partial charge is 0.507 e. The number of benzene rings is 1. The third-order valence-corrected chi connectivity index (χ3v) is 2.73. The van der Waals surface area contributed by atoms with Crippen LogP contribution in [0.3, 0.4) is 0 Å². The zero-order chi connectivity index (χ0) is 12.8. The van der Waals surface area contributed by atoms with Crippen LogP contribution in [-0.4, -0.2) is 23.1 Å². The first-order valence-electron chi connectivity index (χ1n) is 5.81. The van der Waals surface area contributed by atoms with Crippen molar-refractivity contribution in [2.45, 2.75) is 20.4 Å². The van der Waals surface area contributed by atoms with Crippen LogP contribution in [0.4, 0.5) is 0 Å². The lowest BCUT2D eigenvalue weighted by atomic mass is 10.1. The Morgan fingerprint density at radius 2 is 1.59 bits per heavy atom. The van der Waals surface area contributed by atoms with Crippen LogP contribution in [0.5, 0.6) is 5.75 Å². The quantitative estimate of drug-likeness (QED) is 0.760. The smallest absolute Gasteiger partial charge is 0.121 e. The summed E-state index contributed by atoms with van der Waals surface area (Å²) in [7, 11) is 0. The Hall–Kier alpha value is -1.54. The van der Waals surface area contributed by atoms with Crippen LogP contribution in [0.2, 0.25) is 0 Å². The average Bonchev–Trinajstić information content (AvgIpc) is 2.26. The number of aryl methyl sites for hydroxylation is 2. The predicted molar refractivity (Wildman–Crippen MR) is 73.3 cm³/mol. The lowest BCUT2D eigenvalue weighted by molar-refractivity contribution is 0.327. The molecule has 0 bridgehead atoms. The van der Waals surface area contributed by atoms with E-state index in [1.165, 1.54) is 5.56 Å². The number of phenolic OH excluding ortho intramolecular Hbond substituents is 1. The van der Waals surface area contributed by atoms with E-state index in [0.717, 1.165) is 30.8 Å². The molecule has 0 fully saturated rings. The summed E-state index contributed by atoms with van der Waals surface area (Å²) in [6.07, 6.45) is 3.78. The molecule has 0 atom stereocenters. The Bertz CT molecular complexity index is 376. The summed E-state index contributed by atoms with van der Waals surface area (Å²) in [6, 6.07) is 4.06. The molecule has 0 radical (unpaired) electrons. The normalized spacial score (nSPS) is 10.5. The Morgan fingerprint density at radius 1 is 1.12 bits per heavy atom. The zero-order valence-electron chi connectivity index (χ0n) is 10.7. The monoisotopic (exact) mass is 231 g/mol. The Balaban J connectivity index is 2.85. The number of rotatable bonds is 6. The van der Waals surface area contributed by atoms with E-state index >= 15 is 0 Å². The van der Waals surface area contributed by atoms with Crippen molar-refractivity contribution in [3.8, 4) is 5.75 Å². The third kappa shape index (κ3) is 3.75. The third-order valence-electron chi connectivity index (χ3n) is 2.73. The van der Waals surface area contributed by atoms with Gasteiger partial charge in [0.2, 0.25) is 0 Å². The second-order valence-electron chi connectivity index (χ2n) is 4.35. The molecule has 0 amide bonds. The molecule has 0 heterocycles. The molecule has 0 aliphatic heterocycles. The summed E-state index contributed by atoms with van der Waals surface area (Å²) in [6.45, 7) is 13.9. The van der Waals surface area contributed by atoms with Gasteiger partial charge in [0.1, 0.15) is 5.75 Å². The van der Waals surface area contributed by atoms with Gasteiger partial charge in [-0.05, 0) is 30.5 Å². The Morgan fingerprint density at radius 3 is 2.00 bits per heavy atom. The van der Waals surface area contributed by atoms with E-state index in [-0.39, 0.29) is 0 Å². The van der Waals surface area contributed by atoms with Gasteiger partial charge in [-0.25, -0.2) is 0 Å². The number of hydrogen-bond donors (Lipinski definition) is 1. The van der Waals surface area contributed by atoms with Gasteiger partial charge in [0.05, 0.1) is 0 Å². The molecule has 0 aliphatic carbocycles. The van der Waals surface area contributed by atoms with Gasteiger partial charge < -0.3 is 5.11 Å². The van der Waals surface area contributed by atoms with E-state index in [4.69, 9.17) is 0 Å². The Labute approximate surface area is 104 Å². The van der Waals surface area contributed by atoms with E-state index in [0.29, 0.717) is 5.75 Å².